The highest BCUT2D eigenvalue weighted by Gasteiger charge is 2.21. The van der Waals surface area contributed by atoms with Gasteiger partial charge in [-0.3, -0.25) is 0 Å². The molecule has 0 saturated carbocycles. The van der Waals surface area contributed by atoms with Gasteiger partial charge in [-0.25, -0.2) is 0 Å². The summed E-state index contributed by atoms with van der Waals surface area (Å²) in [4.78, 5) is 0. The van der Waals surface area contributed by atoms with Gasteiger partial charge in [0, 0.05) is 5.56 Å². The smallest absolute Gasteiger partial charge is 0.175 e. The number of hydrogen-bond donors (Lipinski definition) is 1. The van der Waals surface area contributed by atoms with Crippen molar-refractivity contribution >= 4 is 15.9 Å². The maximum Gasteiger partial charge on any atom is 0.175 e. The van der Waals surface area contributed by atoms with E-state index < -0.39 is 0 Å². The molecule has 1 atom stereocenters. The summed E-state index contributed by atoms with van der Waals surface area (Å²) in [5.74, 6) is 2.40. The van der Waals surface area contributed by atoms with E-state index in [0.29, 0.717) is 0 Å². The summed E-state index contributed by atoms with van der Waals surface area (Å²) in [5.41, 5.74) is 2.66. The van der Waals surface area contributed by atoms with Crippen LogP contribution in [0.3, 0.4) is 0 Å². The number of methoxy groups -OCH3 is 2. The number of hydrogen-bond acceptors (Lipinski definition) is 3. The molecule has 2 rings (SSSR count). The van der Waals surface area contributed by atoms with Crippen molar-refractivity contribution in [2.24, 2.45) is 5.92 Å². The van der Waals surface area contributed by atoms with Crippen LogP contribution in [0.4, 0.5) is 0 Å². The lowest BCUT2D eigenvalue weighted by molar-refractivity contribution is 0.346. The Morgan fingerprint density at radius 3 is 2.60 bits per heavy atom. The van der Waals surface area contributed by atoms with Gasteiger partial charge in [0.05, 0.1) is 18.7 Å². The van der Waals surface area contributed by atoms with Gasteiger partial charge in [0.2, 0.25) is 0 Å². The van der Waals surface area contributed by atoms with E-state index in [0.717, 1.165) is 47.8 Å². The van der Waals surface area contributed by atoms with Crippen LogP contribution >= 0.6 is 15.9 Å². The van der Waals surface area contributed by atoms with E-state index in [1.165, 1.54) is 24.0 Å². The van der Waals surface area contributed by atoms with Crippen molar-refractivity contribution in [2.45, 2.75) is 32.6 Å². The maximum atomic E-state index is 5.60. The Bertz CT molecular complexity index is 456. The first-order valence-electron chi connectivity index (χ1n) is 7.34. The second-order valence-corrected chi connectivity index (χ2v) is 6.19. The van der Waals surface area contributed by atoms with Crippen molar-refractivity contribution in [2.75, 3.05) is 27.3 Å². The van der Waals surface area contributed by atoms with E-state index in [4.69, 9.17) is 9.47 Å². The van der Waals surface area contributed by atoms with Crippen LogP contribution in [0.1, 0.15) is 30.9 Å². The predicted octanol–water partition coefficient (Wildman–Crippen LogP) is 3.57. The minimum absolute atomic E-state index is 0.721. The Labute approximate surface area is 130 Å². The Kier molecular flexibility index (Phi) is 5.73. The fourth-order valence-corrected chi connectivity index (χ4v) is 3.70. The Balaban J connectivity index is 2.33. The van der Waals surface area contributed by atoms with Crippen LogP contribution in [0.25, 0.3) is 0 Å². The van der Waals surface area contributed by atoms with Gasteiger partial charge >= 0.3 is 0 Å². The molecule has 0 amide bonds. The molecular formula is C16H24BrNO2. The summed E-state index contributed by atoms with van der Waals surface area (Å²) < 4.78 is 12.0. The van der Waals surface area contributed by atoms with Gasteiger partial charge < -0.3 is 14.8 Å². The molecule has 1 fully saturated rings. The van der Waals surface area contributed by atoms with E-state index in [1.54, 1.807) is 14.2 Å². The molecule has 0 bridgehead atoms. The second kappa shape index (κ2) is 7.32. The average Bonchev–Trinajstić information content (AvgIpc) is 2.47. The zero-order valence-corrected chi connectivity index (χ0v) is 14.2. The van der Waals surface area contributed by atoms with E-state index >= 15 is 0 Å². The molecule has 1 heterocycles. The van der Waals surface area contributed by atoms with Crippen LogP contribution in [-0.2, 0) is 12.8 Å². The van der Waals surface area contributed by atoms with Gasteiger partial charge in [-0.2, -0.15) is 0 Å². The first-order chi connectivity index (χ1) is 9.71. The lowest BCUT2D eigenvalue weighted by Crippen LogP contribution is -2.31. The van der Waals surface area contributed by atoms with E-state index in [2.05, 4.69) is 34.2 Å². The van der Waals surface area contributed by atoms with Gasteiger partial charge in [-0.15, -0.1) is 0 Å². The maximum absolute atomic E-state index is 5.60. The zero-order valence-electron chi connectivity index (χ0n) is 12.6. The minimum atomic E-state index is 0.721. The van der Waals surface area contributed by atoms with Crippen LogP contribution in [-0.4, -0.2) is 27.3 Å². The average molecular weight is 342 g/mol. The third kappa shape index (κ3) is 3.29. The summed E-state index contributed by atoms with van der Waals surface area (Å²) in [7, 11) is 3.40. The van der Waals surface area contributed by atoms with E-state index in [9.17, 15) is 0 Å². The fraction of sp³-hybridized carbons (Fsp3) is 0.625. The molecule has 0 radical (unpaired) electrons. The van der Waals surface area contributed by atoms with Crippen molar-refractivity contribution in [3.63, 3.8) is 0 Å². The van der Waals surface area contributed by atoms with Crippen molar-refractivity contribution in [1.82, 2.24) is 5.32 Å². The van der Waals surface area contributed by atoms with Crippen LogP contribution in [0.5, 0.6) is 11.5 Å². The molecule has 20 heavy (non-hydrogen) atoms. The first-order valence-corrected chi connectivity index (χ1v) is 8.13. The van der Waals surface area contributed by atoms with Crippen LogP contribution in [0, 0.1) is 5.92 Å². The van der Waals surface area contributed by atoms with Gasteiger partial charge in [0.1, 0.15) is 0 Å². The molecule has 1 aliphatic heterocycles. The zero-order chi connectivity index (χ0) is 14.5. The Hall–Kier alpha value is -0.740. The molecular weight excluding hydrogens is 318 g/mol. The molecule has 1 N–H and O–H groups in total. The summed E-state index contributed by atoms with van der Waals surface area (Å²) in [6.07, 6.45) is 4.65. The lowest BCUT2D eigenvalue weighted by atomic mass is 9.89. The van der Waals surface area contributed by atoms with Crippen molar-refractivity contribution in [3.05, 3.63) is 21.7 Å². The number of rotatable bonds is 5. The van der Waals surface area contributed by atoms with Gasteiger partial charge in [-0.05, 0) is 72.3 Å². The molecule has 3 nitrogen and oxygen atoms in total. The third-order valence-corrected chi connectivity index (χ3v) is 4.64. The number of ether oxygens (including phenoxy) is 2. The molecule has 0 aromatic heterocycles. The highest BCUT2D eigenvalue weighted by molar-refractivity contribution is 9.10. The van der Waals surface area contributed by atoms with E-state index in [1.807, 2.05) is 0 Å². The van der Waals surface area contributed by atoms with Crippen molar-refractivity contribution < 1.29 is 9.47 Å². The molecule has 1 aromatic rings. The molecule has 1 unspecified atom stereocenters. The van der Waals surface area contributed by atoms with Gasteiger partial charge in [-0.1, -0.05) is 6.92 Å². The van der Waals surface area contributed by atoms with Gasteiger partial charge in [0.25, 0.3) is 0 Å². The largest absolute Gasteiger partial charge is 0.493 e. The highest BCUT2D eigenvalue weighted by atomic mass is 79.9. The quantitative estimate of drug-likeness (QED) is 0.887. The monoisotopic (exact) mass is 341 g/mol. The Morgan fingerprint density at radius 1 is 1.30 bits per heavy atom. The molecule has 1 aromatic carbocycles. The first kappa shape index (κ1) is 15.6. The standard InChI is InChI=1S/C16H24BrNO2/c1-4-13-12(8-11-6-5-7-18-10-11)9-14(17)16(20-3)15(13)19-2/h9,11,18H,4-8,10H2,1-3H3. The summed E-state index contributed by atoms with van der Waals surface area (Å²) in [6.45, 7) is 4.45. The van der Waals surface area contributed by atoms with Crippen LogP contribution in [0.15, 0.2) is 10.5 Å². The molecule has 112 valence electrons. The molecule has 1 aliphatic rings. The SMILES string of the molecule is CCc1c(CC2CCCNC2)cc(Br)c(OC)c1OC. The predicted molar refractivity (Wildman–Crippen MR) is 85.9 cm³/mol. The fourth-order valence-electron chi connectivity index (χ4n) is 3.08. The normalized spacial score (nSPS) is 18.9. The number of nitrogens with one attached hydrogen (secondary N) is 1. The minimum Gasteiger partial charge on any atom is -0.493 e. The van der Waals surface area contributed by atoms with Gasteiger partial charge in [0.15, 0.2) is 11.5 Å². The highest BCUT2D eigenvalue weighted by Crippen LogP contribution is 2.41. The molecule has 0 spiro atoms. The molecule has 0 aliphatic carbocycles. The topological polar surface area (TPSA) is 30.5 Å². The number of benzene rings is 1. The number of halogens is 1. The summed E-state index contributed by atoms with van der Waals surface area (Å²) in [6, 6.07) is 2.20. The summed E-state index contributed by atoms with van der Waals surface area (Å²) in [5, 5.41) is 3.49. The van der Waals surface area contributed by atoms with E-state index in [-0.39, 0.29) is 0 Å². The third-order valence-electron chi connectivity index (χ3n) is 4.06. The molecule has 1 saturated heterocycles. The molecule has 4 heteroatoms. The van der Waals surface area contributed by atoms with Crippen molar-refractivity contribution in [1.29, 1.82) is 0 Å². The summed E-state index contributed by atoms with van der Waals surface area (Å²) >= 11 is 3.61. The second-order valence-electron chi connectivity index (χ2n) is 5.33. The van der Waals surface area contributed by atoms with Crippen LogP contribution in [0.2, 0.25) is 0 Å². The number of piperidine rings is 1. The van der Waals surface area contributed by atoms with Crippen molar-refractivity contribution in [3.8, 4) is 11.5 Å². The Morgan fingerprint density at radius 2 is 2.05 bits per heavy atom. The van der Waals surface area contributed by atoms with Crippen LogP contribution < -0.4 is 14.8 Å². The lowest BCUT2D eigenvalue weighted by Gasteiger charge is -2.25.